The van der Waals surface area contributed by atoms with E-state index in [1.54, 1.807) is 11.1 Å². The summed E-state index contributed by atoms with van der Waals surface area (Å²) in [6.45, 7) is 5.12. The third-order valence-corrected chi connectivity index (χ3v) is 4.28. The number of anilines is 1. The molecule has 0 bridgehead atoms. The minimum absolute atomic E-state index is 0.00969. The predicted molar refractivity (Wildman–Crippen MR) is 93.9 cm³/mol. The van der Waals surface area contributed by atoms with Crippen LogP contribution in [0.1, 0.15) is 25.3 Å². The van der Waals surface area contributed by atoms with E-state index in [9.17, 15) is 9.59 Å². The minimum atomic E-state index is -0.261. The van der Waals surface area contributed by atoms with Crippen LogP contribution in [0.25, 0.3) is 10.9 Å². The molecule has 0 aliphatic carbocycles. The number of aromatic nitrogens is 1. The van der Waals surface area contributed by atoms with Gasteiger partial charge in [-0.05, 0) is 37.1 Å². The molecular formula is C18H22N4O2. The zero-order valence-electron chi connectivity index (χ0n) is 14.0. The Morgan fingerprint density at radius 2 is 2.21 bits per heavy atom. The van der Waals surface area contributed by atoms with E-state index in [1.807, 2.05) is 38.1 Å². The van der Waals surface area contributed by atoms with Crippen molar-refractivity contribution in [3.05, 3.63) is 36.0 Å². The number of nitrogens with zero attached hydrogens (tertiary/aromatic N) is 2. The fourth-order valence-corrected chi connectivity index (χ4v) is 3.11. The number of urea groups is 1. The molecule has 2 aromatic rings. The van der Waals surface area contributed by atoms with Gasteiger partial charge in [0.15, 0.2) is 0 Å². The Bertz CT molecular complexity index is 775. The molecule has 1 atom stereocenters. The number of hydrogen-bond donors (Lipinski definition) is 2. The molecule has 1 aromatic heterocycles. The first-order chi connectivity index (χ1) is 11.6. The zero-order valence-corrected chi connectivity index (χ0v) is 14.0. The van der Waals surface area contributed by atoms with Crippen molar-refractivity contribution in [2.45, 2.75) is 32.7 Å². The van der Waals surface area contributed by atoms with Crippen LogP contribution in [0.3, 0.4) is 0 Å². The van der Waals surface area contributed by atoms with Gasteiger partial charge in [-0.1, -0.05) is 13.0 Å². The lowest BCUT2D eigenvalue weighted by atomic mass is 10.1. The summed E-state index contributed by atoms with van der Waals surface area (Å²) in [4.78, 5) is 30.2. The predicted octanol–water partition coefficient (Wildman–Crippen LogP) is 2.68. The second-order valence-electron chi connectivity index (χ2n) is 6.16. The number of benzene rings is 1. The van der Waals surface area contributed by atoms with E-state index in [-0.39, 0.29) is 18.0 Å². The molecule has 2 heterocycles. The quantitative estimate of drug-likeness (QED) is 0.910. The molecular weight excluding hydrogens is 304 g/mol. The molecule has 1 saturated heterocycles. The van der Waals surface area contributed by atoms with Crippen molar-refractivity contribution in [2.75, 3.05) is 18.4 Å². The van der Waals surface area contributed by atoms with Gasteiger partial charge < -0.3 is 15.5 Å². The van der Waals surface area contributed by atoms with Gasteiger partial charge in [-0.2, -0.15) is 0 Å². The van der Waals surface area contributed by atoms with Crippen molar-refractivity contribution < 1.29 is 9.59 Å². The third kappa shape index (κ3) is 3.48. The van der Waals surface area contributed by atoms with Gasteiger partial charge in [-0.15, -0.1) is 0 Å². The number of nitrogens with one attached hydrogen (secondary N) is 2. The standard InChI is InChI=1S/C18H22N4O2/c1-3-16(23)22-8-6-14(11-22)20-18(24)21-15-10-12(2)9-13-5-4-7-19-17(13)15/h4-5,7,9-10,14H,3,6,8,11H2,1-2H3,(H2,20,21,24). The molecule has 1 fully saturated rings. The molecule has 3 rings (SSSR count). The van der Waals surface area contributed by atoms with Crippen molar-refractivity contribution in [1.82, 2.24) is 15.2 Å². The Morgan fingerprint density at radius 3 is 3.00 bits per heavy atom. The number of carbonyl (C=O) groups excluding carboxylic acids is 2. The van der Waals surface area contributed by atoms with Crippen molar-refractivity contribution in [3.63, 3.8) is 0 Å². The molecule has 6 nitrogen and oxygen atoms in total. The number of pyridine rings is 1. The Hall–Kier alpha value is -2.63. The van der Waals surface area contributed by atoms with Crippen LogP contribution in [-0.2, 0) is 4.79 Å². The maximum absolute atomic E-state index is 12.3. The van der Waals surface area contributed by atoms with E-state index in [4.69, 9.17) is 0 Å². The second-order valence-corrected chi connectivity index (χ2v) is 6.16. The van der Waals surface area contributed by atoms with Crippen molar-refractivity contribution >= 4 is 28.5 Å². The first-order valence-corrected chi connectivity index (χ1v) is 8.27. The van der Waals surface area contributed by atoms with Gasteiger partial charge >= 0.3 is 6.03 Å². The van der Waals surface area contributed by atoms with Gasteiger partial charge in [-0.25, -0.2) is 4.79 Å². The number of likely N-dealkylation sites (tertiary alicyclic amines) is 1. The summed E-state index contributed by atoms with van der Waals surface area (Å²) in [7, 11) is 0. The summed E-state index contributed by atoms with van der Waals surface area (Å²) in [5.74, 6) is 0.133. The molecule has 126 valence electrons. The maximum Gasteiger partial charge on any atom is 0.319 e. The molecule has 24 heavy (non-hydrogen) atoms. The summed E-state index contributed by atoms with van der Waals surface area (Å²) >= 11 is 0. The maximum atomic E-state index is 12.3. The van der Waals surface area contributed by atoms with Crippen LogP contribution in [0.15, 0.2) is 30.5 Å². The molecule has 3 amide bonds. The smallest absolute Gasteiger partial charge is 0.319 e. The highest BCUT2D eigenvalue weighted by Crippen LogP contribution is 2.23. The highest BCUT2D eigenvalue weighted by Gasteiger charge is 2.26. The summed E-state index contributed by atoms with van der Waals surface area (Å²) in [6, 6.07) is 7.54. The van der Waals surface area contributed by atoms with Crippen molar-refractivity contribution in [2.24, 2.45) is 0 Å². The lowest BCUT2D eigenvalue weighted by molar-refractivity contribution is -0.129. The minimum Gasteiger partial charge on any atom is -0.341 e. The van der Waals surface area contributed by atoms with E-state index in [0.717, 1.165) is 22.9 Å². The number of aryl methyl sites for hydroxylation is 1. The fourth-order valence-electron chi connectivity index (χ4n) is 3.11. The molecule has 0 radical (unpaired) electrons. The van der Waals surface area contributed by atoms with Gasteiger partial charge in [-0.3, -0.25) is 9.78 Å². The highest BCUT2D eigenvalue weighted by molar-refractivity contribution is 6.00. The van der Waals surface area contributed by atoms with Gasteiger partial charge in [0.05, 0.1) is 11.2 Å². The molecule has 1 unspecified atom stereocenters. The van der Waals surface area contributed by atoms with Crippen molar-refractivity contribution in [3.8, 4) is 0 Å². The summed E-state index contributed by atoms with van der Waals surface area (Å²) in [5.41, 5.74) is 2.53. The topological polar surface area (TPSA) is 74.3 Å². The van der Waals surface area contributed by atoms with Crippen LogP contribution in [0, 0.1) is 6.92 Å². The van der Waals surface area contributed by atoms with Crippen LogP contribution in [0.2, 0.25) is 0 Å². The fraction of sp³-hybridized carbons (Fsp3) is 0.389. The number of hydrogen-bond acceptors (Lipinski definition) is 3. The van der Waals surface area contributed by atoms with Crippen LogP contribution in [0.4, 0.5) is 10.5 Å². The average Bonchev–Trinajstić information content (AvgIpc) is 3.02. The van der Waals surface area contributed by atoms with E-state index in [2.05, 4.69) is 15.6 Å². The lowest BCUT2D eigenvalue weighted by Gasteiger charge is -2.17. The number of carbonyl (C=O) groups is 2. The van der Waals surface area contributed by atoms with E-state index in [0.29, 0.717) is 25.2 Å². The molecule has 0 spiro atoms. The van der Waals surface area contributed by atoms with Gasteiger partial charge in [0.25, 0.3) is 0 Å². The SMILES string of the molecule is CCC(=O)N1CCC(NC(=O)Nc2cc(C)cc3cccnc23)C1. The van der Waals surface area contributed by atoms with E-state index < -0.39 is 0 Å². The van der Waals surface area contributed by atoms with Crippen LogP contribution < -0.4 is 10.6 Å². The Balaban J connectivity index is 1.67. The average molecular weight is 326 g/mol. The molecule has 2 N–H and O–H groups in total. The molecule has 1 aromatic carbocycles. The second kappa shape index (κ2) is 6.86. The van der Waals surface area contributed by atoms with Crippen LogP contribution in [-0.4, -0.2) is 41.0 Å². The van der Waals surface area contributed by atoms with Gasteiger partial charge in [0.1, 0.15) is 0 Å². The Labute approximate surface area is 141 Å². The number of fused-ring (bicyclic) bond motifs is 1. The Kier molecular flexibility index (Phi) is 4.64. The normalized spacial score (nSPS) is 17.1. The lowest BCUT2D eigenvalue weighted by Crippen LogP contribution is -2.40. The highest BCUT2D eigenvalue weighted by atomic mass is 16.2. The van der Waals surface area contributed by atoms with Gasteiger partial charge in [0, 0.05) is 37.1 Å². The third-order valence-electron chi connectivity index (χ3n) is 4.28. The van der Waals surface area contributed by atoms with Crippen molar-refractivity contribution in [1.29, 1.82) is 0 Å². The molecule has 1 aliphatic heterocycles. The molecule has 0 saturated carbocycles. The number of amides is 3. The van der Waals surface area contributed by atoms with E-state index >= 15 is 0 Å². The monoisotopic (exact) mass is 326 g/mol. The Morgan fingerprint density at radius 1 is 1.38 bits per heavy atom. The first-order valence-electron chi connectivity index (χ1n) is 8.27. The summed E-state index contributed by atoms with van der Waals surface area (Å²) < 4.78 is 0. The molecule has 6 heteroatoms. The number of rotatable bonds is 3. The zero-order chi connectivity index (χ0) is 17.1. The summed E-state index contributed by atoms with van der Waals surface area (Å²) in [6.07, 6.45) is 3.00. The van der Waals surface area contributed by atoms with E-state index in [1.165, 1.54) is 0 Å². The van der Waals surface area contributed by atoms with Gasteiger partial charge in [0.2, 0.25) is 5.91 Å². The van der Waals surface area contributed by atoms with Crippen LogP contribution >= 0.6 is 0 Å². The molecule has 1 aliphatic rings. The largest absolute Gasteiger partial charge is 0.341 e. The summed E-state index contributed by atoms with van der Waals surface area (Å²) in [5, 5.41) is 6.84. The van der Waals surface area contributed by atoms with Crippen LogP contribution in [0.5, 0.6) is 0 Å². The first kappa shape index (κ1) is 16.2.